The molecule has 2 aliphatic rings. The maximum Gasteiger partial charge on any atom is 0.128 e. The Balaban J connectivity index is 1.93. The first-order chi connectivity index (χ1) is 7.17. The molecule has 1 aliphatic heterocycles. The van der Waals surface area contributed by atoms with Gasteiger partial charge in [-0.05, 0) is 31.2 Å². The van der Waals surface area contributed by atoms with Crippen LogP contribution in [0.2, 0.25) is 0 Å². The summed E-state index contributed by atoms with van der Waals surface area (Å²) in [6.45, 7) is 1.91. The summed E-state index contributed by atoms with van der Waals surface area (Å²) in [6.07, 6.45) is 4.83. The van der Waals surface area contributed by atoms with Crippen molar-refractivity contribution in [1.82, 2.24) is 0 Å². The molecule has 3 rings (SSSR count). The van der Waals surface area contributed by atoms with Crippen LogP contribution in [0.15, 0.2) is 17.5 Å². The van der Waals surface area contributed by atoms with Crippen molar-refractivity contribution in [3.8, 4) is 0 Å². The third kappa shape index (κ3) is 1.23. The summed E-state index contributed by atoms with van der Waals surface area (Å²) in [4.78, 5) is 1.03. The molecule has 0 spiro atoms. The molecule has 2 heterocycles. The first-order valence-electron chi connectivity index (χ1n) is 5.61. The van der Waals surface area contributed by atoms with E-state index in [9.17, 15) is 5.11 Å². The van der Waals surface area contributed by atoms with Gasteiger partial charge in [-0.25, -0.2) is 0 Å². The fourth-order valence-corrected chi connectivity index (χ4v) is 3.75. The van der Waals surface area contributed by atoms with Gasteiger partial charge in [-0.1, -0.05) is 18.9 Å². The lowest BCUT2D eigenvalue weighted by atomic mass is 9.76. The molecule has 2 nitrogen and oxygen atoms in total. The molecular weight excluding hydrogens is 208 g/mol. The quantitative estimate of drug-likeness (QED) is 0.783. The number of rotatable bonds is 2. The van der Waals surface area contributed by atoms with Crippen LogP contribution >= 0.6 is 11.3 Å². The predicted octanol–water partition coefficient (Wildman–Crippen LogP) is 2.67. The Hall–Kier alpha value is -0.380. The van der Waals surface area contributed by atoms with Gasteiger partial charge in [0.05, 0.1) is 6.10 Å². The SMILES string of the molecule is C[C@](O)(c1cccs1)[C@@]12CCCC[C@@H]1O2. The van der Waals surface area contributed by atoms with Crippen LogP contribution in [-0.4, -0.2) is 16.8 Å². The highest BCUT2D eigenvalue weighted by molar-refractivity contribution is 7.10. The van der Waals surface area contributed by atoms with Gasteiger partial charge in [-0.2, -0.15) is 0 Å². The van der Waals surface area contributed by atoms with E-state index in [1.165, 1.54) is 12.8 Å². The standard InChI is InChI=1S/C12H16O2S/c1-11(13,10-6-4-8-15-10)12-7-3-2-5-9(12)14-12/h4,6,8-9,13H,2-3,5,7H2,1H3/t9-,11-,12+/m0/s1. The summed E-state index contributed by atoms with van der Waals surface area (Å²) < 4.78 is 5.81. The van der Waals surface area contributed by atoms with E-state index in [2.05, 4.69) is 0 Å². The number of thiophene rings is 1. The van der Waals surface area contributed by atoms with Crippen molar-refractivity contribution in [2.75, 3.05) is 0 Å². The maximum atomic E-state index is 10.7. The van der Waals surface area contributed by atoms with Crippen LogP contribution in [0.4, 0.5) is 0 Å². The van der Waals surface area contributed by atoms with Crippen LogP contribution in [-0.2, 0) is 10.3 Å². The van der Waals surface area contributed by atoms with E-state index in [-0.39, 0.29) is 5.60 Å². The van der Waals surface area contributed by atoms with Crippen molar-refractivity contribution in [2.45, 2.75) is 49.9 Å². The Morgan fingerprint density at radius 2 is 2.47 bits per heavy atom. The Morgan fingerprint density at radius 1 is 1.60 bits per heavy atom. The van der Waals surface area contributed by atoms with Crippen molar-refractivity contribution >= 4 is 11.3 Å². The summed E-state index contributed by atoms with van der Waals surface area (Å²) in [5.74, 6) is 0. The van der Waals surface area contributed by atoms with Crippen LogP contribution < -0.4 is 0 Å². The fourth-order valence-electron chi connectivity index (χ4n) is 2.88. The molecule has 1 aromatic rings. The zero-order valence-corrected chi connectivity index (χ0v) is 9.72. The molecule has 0 aromatic carbocycles. The van der Waals surface area contributed by atoms with Gasteiger partial charge in [0.15, 0.2) is 0 Å². The van der Waals surface area contributed by atoms with Gasteiger partial charge in [0.2, 0.25) is 0 Å². The molecule has 1 aliphatic carbocycles. The number of epoxide rings is 1. The van der Waals surface area contributed by atoms with Crippen LogP contribution in [0.5, 0.6) is 0 Å². The summed E-state index contributed by atoms with van der Waals surface area (Å²) in [5.41, 5.74) is -1.07. The number of fused-ring (bicyclic) bond motifs is 1. The third-order valence-corrected chi connectivity index (χ3v) is 4.99. The Labute approximate surface area is 93.9 Å². The van der Waals surface area contributed by atoms with E-state index in [1.54, 1.807) is 11.3 Å². The largest absolute Gasteiger partial charge is 0.381 e. The maximum absolute atomic E-state index is 10.7. The highest BCUT2D eigenvalue weighted by Gasteiger charge is 2.67. The number of hydrogen-bond donors (Lipinski definition) is 1. The average molecular weight is 224 g/mol. The zero-order valence-electron chi connectivity index (χ0n) is 8.90. The van der Waals surface area contributed by atoms with E-state index in [0.29, 0.717) is 6.10 Å². The number of hydrogen-bond acceptors (Lipinski definition) is 3. The van der Waals surface area contributed by atoms with E-state index >= 15 is 0 Å². The lowest BCUT2D eigenvalue weighted by molar-refractivity contribution is -0.0303. The highest BCUT2D eigenvalue weighted by Crippen LogP contribution is 2.58. The molecule has 3 atom stereocenters. The average Bonchev–Trinajstić information content (AvgIpc) is 2.73. The molecule has 0 unspecified atom stereocenters. The lowest BCUT2D eigenvalue weighted by Crippen LogP contribution is -2.42. The molecule has 2 fully saturated rings. The molecule has 15 heavy (non-hydrogen) atoms. The van der Waals surface area contributed by atoms with Gasteiger partial charge in [0.25, 0.3) is 0 Å². The van der Waals surface area contributed by atoms with Gasteiger partial charge < -0.3 is 9.84 Å². The second kappa shape index (κ2) is 3.06. The molecule has 1 N–H and O–H groups in total. The molecular formula is C12H16O2S. The van der Waals surface area contributed by atoms with E-state index in [1.807, 2.05) is 24.4 Å². The van der Waals surface area contributed by atoms with Gasteiger partial charge in [-0.15, -0.1) is 11.3 Å². The second-order valence-corrected chi connectivity index (χ2v) is 5.74. The van der Waals surface area contributed by atoms with Crippen LogP contribution in [0.3, 0.4) is 0 Å². The smallest absolute Gasteiger partial charge is 0.128 e. The minimum absolute atomic E-state index is 0.268. The fraction of sp³-hybridized carbons (Fsp3) is 0.667. The summed E-state index contributed by atoms with van der Waals surface area (Å²) in [7, 11) is 0. The molecule has 1 saturated carbocycles. The van der Waals surface area contributed by atoms with Crippen molar-refractivity contribution < 1.29 is 9.84 Å². The first kappa shape index (κ1) is 9.82. The lowest BCUT2D eigenvalue weighted by Gasteiger charge is -2.32. The van der Waals surface area contributed by atoms with Gasteiger partial charge in [0, 0.05) is 4.88 Å². The highest BCUT2D eigenvalue weighted by atomic mass is 32.1. The monoisotopic (exact) mass is 224 g/mol. The van der Waals surface area contributed by atoms with E-state index in [0.717, 1.165) is 17.7 Å². The molecule has 3 heteroatoms. The number of ether oxygens (including phenoxy) is 1. The van der Waals surface area contributed by atoms with Gasteiger partial charge in [-0.3, -0.25) is 0 Å². The number of aliphatic hydroxyl groups is 1. The van der Waals surface area contributed by atoms with Gasteiger partial charge in [0.1, 0.15) is 11.2 Å². The minimum atomic E-state index is -0.799. The minimum Gasteiger partial charge on any atom is -0.381 e. The van der Waals surface area contributed by atoms with Crippen molar-refractivity contribution in [3.63, 3.8) is 0 Å². The summed E-state index contributed by atoms with van der Waals surface area (Å²) in [6, 6.07) is 4.00. The van der Waals surface area contributed by atoms with Gasteiger partial charge >= 0.3 is 0 Å². The summed E-state index contributed by atoms with van der Waals surface area (Å²) in [5, 5.41) is 12.7. The summed E-state index contributed by atoms with van der Waals surface area (Å²) >= 11 is 1.62. The van der Waals surface area contributed by atoms with Crippen LogP contribution in [0.25, 0.3) is 0 Å². The molecule has 1 aromatic heterocycles. The molecule has 0 amide bonds. The zero-order chi connectivity index (χ0) is 10.5. The molecule has 82 valence electrons. The third-order valence-electron chi connectivity index (χ3n) is 3.90. The Morgan fingerprint density at radius 3 is 3.13 bits per heavy atom. The van der Waals surface area contributed by atoms with Crippen LogP contribution in [0, 0.1) is 0 Å². The van der Waals surface area contributed by atoms with Crippen molar-refractivity contribution in [1.29, 1.82) is 0 Å². The second-order valence-electron chi connectivity index (χ2n) is 4.79. The van der Waals surface area contributed by atoms with Crippen molar-refractivity contribution in [2.24, 2.45) is 0 Å². The Kier molecular flexibility index (Phi) is 2.00. The molecule has 1 saturated heterocycles. The predicted molar refractivity (Wildman–Crippen MR) is 60.0 cm³/mol. The normalized spacial score (nSPS) is 38.1. The van der Waals surface area contributed by atoms with Crippen LogP contribution in [0.1, 0.15) is 37.5 Å². The van der Waals surface area contributed by atoms with Crippen molar-refractivity contribution in [3.05, 3.63) is 22.4 Å². The van der Waals surface area contributed by atoms with E-state index < -0.39 is 5.60 Å². The Bertz CT molecular complexity index is 358. The molecule has 0 bridgehead atoms. The molecule has 0 radical (unpaired) electrons. The topological polar surface area (TPSA) is 32.8 Å². The first-order valence-corrected chi connectivity index (χ1v) is 6.49. The van der Waals surface area contributed by atoms with E-state index in [4.69, 9.17) is 4.74 Å².